The number of aliphatic hydroxyl groups is 2. The van der Waals surface area contributed by atoms with Crippen LogP contribution in [0.15, 0.2) is 30.5 Å². The number of nitrogens with one attached hydrogen (secondary N) is 1. The van der Waals surface area contributed by atoms with Crippen LogP contribution in [0.25, 0.3) is 10.9 Å². The Hall–Kier alpha value is -1.85. The van der Waals surface area contributed by atoms with Gasteiger partial charge in [0.2, 0.25) is 0 Å². The lowest BCUT2D eigenvalue weighted by Gasteiger charge is -2.20. The van der Waals surface area contributed by atoms with Crippen molar-refractivity contribution in [1.29, 1.82) is 0 Å². The van der Waals surface area contributed by atoms with Crippen LogP contribution in [0.4, 0.5) is 0 Å². The van der Waals surface area contributed by atoms with Gasteiger partial charge < -0.3 is 20.1 Å². The predicted molar refractivity (Wildman–Crippen MR) is 68.4 cm³/mol. The summed E-state index contributed by atoms with van der Waals surface area (Å²) in [6, 6.07) is 7.53. The first kappa shape index (κ1) is 12.6. The summed E-state index contributed by atoms with van der Waals surface area (Å²) in [5, 5.41) is 18.7. The molecule has 1 heterocycles. The van der Waals surface area contributed by atoms with Gasteiger partial charge in [-0.3, -0.25) is 4.79 Å². The molecule has 0 aliphatic carbocycles. The monoisotopic (exact) mass is 248 g/mol. The number of fused-ring (bicyclic) bond motifs is 1. The van der Waals surface area contributed by atoms with Crippen LogP contribution in [0.2, 0.25) is 0 Å². The maximum atomic E-state index is 12.3. The Morgan fingerprint density at radius 1 is 1.17 bits per heavy atom. The highest BCUT2D eigenvalue weighted by atomic mass is 16.3. The van der Waals surface area contributed by atoms with E-state index in [9.17, 15) is 4.79 Å². The summed E-state index contributed by atoms with van der Waals surface area (Å²) in [6.07, 6.45) is 1.66. The van der Waals surface area contributed by atoms with E-state index in [-0.39, 0.29) is 32.2 Å². The molecule has 96 valence electrons. The summed E-state index contributed by atoms with van der Waals surface area (Å²) in [5.74, 6) is -0.185. The fourth-order valence-corrected chi connectivity index (χ4v) is 1.98. The Balaban J connectivity index is 2.31. The molecular weight excluding hydrogens is 232 g/mol. The van der Waals surface area contributed by atoms with Gasteiger partial charge in [-0.2, -0.15) is 0 Å². The molecule has 0 aliphatic rings. The van der Waals surface area contributed by atoms with Crippen LogP contribution in [0.1, 0.15) is 10.4 Å². The van der Waals surface area contributed by atoms with Gasteiger partial charge in [-0.15, -0.1) is 0 Å². The normalized spacial score (nSPS) is 10.8. The summed E-state index contributed by atoms with van der Waals surface area (Å²) in [4.78, 5) is 16.8. The van der Waals surface area contributed by atoms with E-state index in [2.05, 4.69) is 4.98 Å². The molecule has 0 saturated carbocycles. The molecule has 1 amide bonds. The first-order chi connectivity index (χ1) is 8.77. The second-order valence-electron chi connectivity index (χ2n) is 3.99. The van der Waals surface area contributed by atoms with E-state index in [0.717, 1.165) is 10.9 Å². The number of aromatic nitrogens is 1. The third-order valence-corrected chi connectivity index (χ3v) is 2.85. The Labute approximate surface area is 105 Å². The standard InChI is InChI=1S/C13H16N2O3/c16-7-5-15(6-8-17)13(18)11-9-14-12-4-2-1-3-10(11)12/h1-4,9,14,16-17H,5-8H2. The Kier molecular flexibility index (Phi) is 3.96. The van der Waals surface area contributed by atoms with E-state index < -0.39 is 0 Å². The number of aliphatic hydroxyl groups excluding tert-OH is 2. The van der Waals surface area contributed by atoms with Crippen molar-refractivity contribution in [3.8, 4) is 0 Å². The summed E-state index contributed by atoms with van der Waals surface area (Å²) >= 11 is 0. The van der Waals surface area contributed by atoms with Gasteiger partial charge >= 0.3 is 0 Å². The quantitative estimate of drug-likeness (QED) is 0.725. The first-order valence-corrected chi connectivity index (χ1v) is 5.85. The highest BCUT2D eigenvalue weighted by molar-refractivity contribution is 6.06. The van der Waals surface area contributed by atoms with Crippen LogP contribution < -0.4 is 0 Å². The van der Waals surface area contributed by atoms with Gasteiger partial charge in [0.25, 0.3) is 5.91 Å². The Morgan fingerprint density at radius 3 is 2.50 bits per heavy atom. The van der Waals surface area contributed by atoms with Gasteiger partial charge in [0.1, 0.15) is 0 Å². The number of benzene rings is 1. The SMILES string of the molecule is O=C(c1c[nH]c2ccccc12)N(CCO)CCO. The van der Waals surface area contributed by atoms with E-state index >= 15 is 0 Å². The van der Waals surface area contributed by atoms with Crippen molar-refractivity contribution >= 4 is 16.8 Å². The molecule has 3 N–H and O–H groups in total. The fraction of sp³-hybridized carbons (Fsp3) is 0.308. The molecule has 0 saturated heterocycles. The number of hydrogen-bond donors (Lipinski definition) is 3. The minimum absolute atomic E-state index is 0.117. The zero-order chi connectivity index (χ0) is 13.0. The molecule has 0 fully saturated rings. The van der Waals surface area contributed by atoms with Crippen LogP contribution in [0.3, 0.4) is 0 Å². The molecule has 0 radical (unpaired) electrons. The average Bonchev–Trinajstić information content (AvgIpc) is 2.81. The zero-order valence-corrected chi connectivity index (χ0v) is 9.97. The first-order valence-electron chi connectivity index (χ1n) is 5.85. The molecule has 2 rings (SSSR count). The molecule has 0 aliphatic heterocycles. The second-order valence-corrected chi connectivity index (χ2v) is 3.99. The number of aromatic amines is 1. The summed E-state index contributed by atoms with van der Waals surface area (Å²) in [6.45, 7) is 0.208. The molecule has 5 heteroatoms. The third kappa shape index (κ3) is 2.37. The second kappa shape index (κ2) is 5.66. The highest BCUT2D eigenvalue weighted by Gasteiger charge is 2.18. The van der Waals surface area contributed by atoms with Crippen LogP contribution >= 0.6 is 0 Å². The molecule has 5 nitrogen and oxygen atoms in total. The molecule has 1 aromatic carbocycles. The Morgan fingerprint density at radius 2 is 1.83 bits per heavy atom. The molecule has 0 spiro atoms. The number of hydrogen-bond acceptors (Lipinski definition) is 3. The highest BCUT2D eigenvalue weighted by Crippen LogP contribution is 2.19. The number of nitrogens with zero attached hydrogens (tertiary/aromatic N) is 1. The number of carbonyl (C=O) groups excluding carboxylic acids is 1. The van der Waals surface area contributed by atoms with Crippen LogP contribution in [0.5, 0.6) is 0 Å². The van der Waals surface area contributed by atoms with Crippen molar-refractivity contribution in [3.05, 3.63) is 36.0 Å². The summed E-state index contributed by atoms with van der Waals surface area (Å²) in [5.41, 5.74) is 1.46. The van der Waals surface area contributed by atoms with Crippen molar-refractivity contribution < 1.29 is 15.0 Å². The molecule has 0 unspecified atom stereocenters. The summed E-state index contributed by atoms with van der Waals surface area (Å²) in [7, 11) is 0. The molecular formula is C13H16N2O3. The van der Waals surface area contributed by atoms with E-state index in [1.807, 2.05) is 24.3 Å². The lowest BCUT2D eigenvalue weighted by Crippen LogP contribution is -2.35. The largest absolute Gasteiger partial charge is 0.395 e. The van der Waals surface area contributed by atoms with Gasteiger partial charge in [-0.05, 0) is 6.07 Å². The number of para-hydroxylation sites is 1. The topological polar surface area (TPSA) is 76.6 Å². The molecule has 0 atom stereocenters. The number of carbonyl (C=O) groups is 1. The minimum atomic E-state index is -0.185. The number of H-pyrrole nitrogens is 1. The van der Waals surface area contributed by atoms with Crippen molar-refractivity contribution in [2.45, 2.75) is 0 Å². The van der Waals surface area contributed by atoms with Crippen molar-refractivity contribution in [2.24, 2.45) is 0 Å². The van der Waals surface area contributed by atoms with E-state index in [0.29, 0.717) is 5.56 Å². The smallest absolute Gasteiger partial charge is 0.256 e. The third-order valence-electron chi connectivity index (χ3n) is 2.85. The van der Waals surface area contributed by atoms with Crippen LogP contribution in [0, 0.1) is 0 Å². The molecule has 2 aromatic rings. The predicted octanol–water partition coefficient (Wildman–Crippen LogP) is 0.595. The van der Waals surface area contributed by atoms with E-state index in [1.165, 1.54) is 4.90 Å². The van der Waals surface area contributed by atoms with Crippen LogP contribution in [-0.4, -0.2) is 52.3 Å². The maximum absolute atomic E-state index is 12.3. The molecule has 18 heavy (non-hydrogen) atoms. The van der Waals surface area contributed by atoms with E-state index in [4.69, 9.17) is 10.2 Å². The Bertz CT molecular complexity index is 530. The van der Waals surface area contributed by atoms with Crippen molar-refractivity contribution in [1.82, 2.24) is 9.88 Å². The number of amides is 1. The average molecular weight is 248 g/mol. The lowest BCUT2D eigenvalue weighted by molar-refractivity contribution is 0.0687. The number of rotatable bonds is 5. The molecule has 1 aromatic heterocycles. The lowest BCUT2D eigenvalue weighted by atomic mass is 10.1. The van der Waals surface area contributed by atoms with Gasteiger partial charge in [-0.25, -0.2) is 0 Å². The van der Waals surface area contributed by atoms with Gasteiger partial charge in [-0.1, -0.05) is 18.2 Å². The van der Waals surface area contributed by atoms with Crippen molar-refractivity contribution in [2.75, 3.05) is 26.3 Å². The van der Waals surface area contributed by atoms with E-state index in [1.54, 1.807) is 6.20 Å². The van der Waals surface area contributed by atoms with Gasteiger partial charge in [0.05, 0.1) is 18.8 Å². The van der Waals surface area contributed by atoms with Crippen molar-refractivity contribution in [3.63, 3.8) is 0 Å². The zero-order valence-electron chi connectivity index (χ0n) is 9.97. The van der Waals surface area contributed by atoms with Crippen LogP contribution in [-0.2, 0) is 0 Å². The van der Waals surface area contributed by atoms with Gasteiger partial charge in [0, 0.05) is 30.2 Å². The molecule has 0 bridgehead atoms. The fourth-order valence-electron chi connectivity index (χ4n) is 1.98. The minimum Gasteiger partial charge on any atom is -0.395 e. The summed E-state index contributed by atoms with van der Waals surface area (Å²) < 4.78 is 0. The van der Waals surface area contributed by atoms with Gasteiger partial charge in [0.15, 0.2) is 0 Å². The maximum Gasteiger partial charge on any atom is 0.256 e.